The molecule has 0 spiro atoms. The predicted octanol–water partition coefficient (Wildman–Crippen LogP) is 5.94. The molecular weight excluding hydrogens is 452 g/mol. The van der Waals surface area contributed by atoms with Crippen molar-refractivity contribution in [2.24, 2.45) is 7.05 Å². The topological polar surface area (TPSA) is 71.8 Å². The highest BCUT2D eigenvalue weighted by atomic mass is 16.5. The molecule has 1 saturated heterocycles. The van der Waals surface area contributed by atoms with Crippen molar-refractivity contribution in [1.82, 2.24) is 4.57 Å². The lowest BCUT2D eigenvalue weighted by molar-refractivity contribution is -0.132. The first-order valence-corrected chi connectivity index (χ1v) is 11.9. The van der Waals surface area contributed by atoms with Crippen LogP contribution in [0, 0.1) is 0 Å². The van der Waals surface area contributed by atoms with E-state index in [1.165, 1.54) is 4.90 Å². The summed E-state index contributed by atoms with van der Waals surface area (Å²) in [6.45, 7) is 4.07. The molecule has 1 aliphatic heterocycles. The van der Waals surface area contributed by atoms with Crippen LogP contribution in [0.25, 0.3) is 16.7 Å². The molecule has 1 amide bonds. The molecule has 36 heavy (non-hydrogen) atoms. The summed E-state index contributed by atoms with van der Waals surface area (Å²) in [6.07, 6.45) is 1.93. The molecule has 1 aliphatic rings. The number of nitrogens with zero attached hydrogens (tertiary/aromatic N) is 2. The number of benzene rings is 3. The fourth-order valence-electron chi connectivity index (χ4n) is 5.06. The largest absolute Gasteiger partial charge is 0.507 e. The Bertz CT molecular complexity index is 1510. The van der Waals surface area contributed by atoms with E-state index in [0.29, 0.717) is 17.0 Å². The van der Waals surface area contributed by atoms with Gasteiger partial charge in [0.05, 0.1) is 18.7 Å². The lowest BCUT2D eigenvalue weighted by Crippen LogP contribution is -2.29. The Morgan fingerprint density at radius 3 is 2.36 bits per heavy atom. The van der Waals surface area contributed by atoms with Crippen LogP contribution in [0.4, 0.5) is 5.69 Å². The van der Waals surface area contributed by atoms with Gasteiger partial charge in [-0.3, -0.25) is 14.5 Å². The number of Topliss-reactive ketones (excluding diaryl/α,β-unsaturated/α-hetero) is 1. The van der Waals surface area contributed by atoms with Crippen LogP contribution in [-0.2, 0) is 16.6 Å². The quantitative estimate of drug-likeness (QED) is 0.218. The van der Waals surface area contributed by atoms with Gasteiger partial charge >= 0.3 is 0 Å². The van der Waals surface area contributed by atoms with E-state index in [1.54, 1.807) is 31.4 Å². The summed E-state index contributed by atoms with van der Waals surface area (Å²) in [5, 5.41) is 12.5. The van der Waals surface area contributed by atoms with Gasteiger partial charge < -0.3 is 14.4 Å². The van der Waals surface area contributed by atoms with Crippen LogP contribution >= 0.6 is 0 Å². The Kier molecular flexibility index (Phi) is 5.88. The third-order valence-electron chi connectivity index (χ3n) is 6.83. The average molecular weight is 481 g/mol. The van der Waals surface area contributed by atoms with Gasteiger partial charge in [-0.25, -0.2) is 0 Å². The number of carbonyl (C=O) groups is 2. The van der Waals surface area contributed by atoms with Crippen molar-refractivity contribution < 1.29 is 19.4 Å². The van der Waals surface area contributed by atoms with Crippen LogP contribution in [0.3, 0.4) is 0 Å². The number of amides is 1. The maximum absolute atomic E-state index is 13.5. The van der Waals surface area contributed by atoms with Gasteiger partial charge in [-0.15, -0.1) is 0 Å². The summed E-state index contributed by atoms with van der Waals surface area (Å²) >= 11 is 0. The van der Waals surface area contributed by atoms with Gasteiger partial charge in [-0.1, -0.05) is 50.2 Å². The summed E-state index contributed by atoms with van der Waals surface area (Å²) in [6, 6.07) is 21.5. The highest BCUT2D eigenvalue weighted by Crippen LogP contribution is 2.45. The minimum Gasteiger partial charge on any atom is -0.507 e. The second-order valence-electron chi connectivity index (χ2n) is 9.33. The molecule has 3 aromatic carbocycles. The van der Waals surface area contributed by atoms with Gasteiger partial charge in [0, 0.05) is 41.0 Å². The number of anilines is 1. The summed E-state index contributed by atoms with van der Waals surface area (Å²) < 4.78 is 7.46. The fourth-order valence-corrected chi connectivity index (χ4v) is 5.06. The van der Waals surface area contributed by atoms with E-state index < -0.39 is 17.7 Å². The first kappa shape index (κ1) is 23.4. The van der Waals surface area contributed by atoms with Gasteiger partial charge in [0.15, 0.2) is 0 Å². The molecule has 4 aromatic rings. The molecule has 5 rings (SSSR count). The number of rotatable bonds is 5. The van der Waals surface area contributed by atoms with E-state index in [4.69, 9.17) is 4.74 Å². The Morgan fingerprint density at radius 1 is 0.972 bits per heavy atom. The summed E-state index contributed by atoms with van der Waals surface area (Å²) in [4.78, 5) is 28.5. The summed E-state index contributed by atoms with van der Waals surface area (Å²) in [5.74, 6) is -0.742. The van der Waals surface area contributed by atoms with Crippen LogP contribution < -0.4 is 9.64 Å². The number of aromatic nitrogens is 1. The number of fused-ring (bicyclic) bond motifs is 1. The first-order valence-electron chi connectivity index (χ1n) is 11.9. The third-order valence-corrected chi connectivity index (χ3v) is 6.83. The molecule has 0 radical (unpaired) electrons. The highest BCUT2D eigenvalue weighted by Gasteiger charge is 2.47. The number of hydrogen-bond donors (Lipinski definition) is 1. The van der Waals surface area contributed by atoms with E-state index >= 15 is 0 Å². The molecule has 182 valence electrons. The molecule has 1 aromatic heterocycles. The number of aryl methyl sites for hydroxylation is 1. The minimum absolute atomic E-state index is 0.0695. The third kappa shape index (κ3) is 3.66. The number of carbonyl (C=O) groups excluding carboxylic acids is 2. The van der Waals surface area contributed by atoms with E-state index in [1.807, 2.05) is 80.2 Å². The minimum atomic E-state index is -0.789. The summed E-state index contributed by atoms with van der Waals surface area (Å²) in [7, 11) is 3.53. The number of aliphatic hydroxyl groups is 1. The molecule has 0 bridgehead atoms. The Morgan fingerprint density at radius 2 is 1.67 bits per heavy atom. The van der Waals surface area contributed by atoms with Gasteiger partial charge in [0.1, 0.15) is 11.5 Å². The standard InChI is InChI=1S/C30H28N2O4/c1-18(2)22-16-19(14-15-25(22)36-4)28(33)26-27(23-17-31(3)24-13-9-8-12-21(23)24)32(30(35)29(26)34)20-10-6-5-7-11-20/h5-18,27,33H,1-4H3/b28-26+. The van der Waals surface area contributed by atoms with E-state index in [0.717, 1.165) is 22.0 Å². The Hall–Kier alpha value is -4.32. The van der Waals surface area contributed by atoms with E-state index in [9.17, 15) is 14.7 Å². The molecule has 1 unspecified atom stereocenters. The number of aliphatic hydroxyl groups excluding tert-OH is 1. The molecule has 1 N–H and O–H groups in total. The molecule has 1 fully saturated rings. The smallest absolute Gasteiger partial charge is 0.300 e. The SMILES string of the molecule is COc1ccc(/C(O)=C2\C(=O)C(=O)N(c3ccccc3)C2c2cn(C)c3ccccc23)cc1C(C)C. The number of methoxy groups -OCH3 is 1. The van der Waals surface area contributed by atoms with Crippen molar-refractivity contribution >= 4 is 34.0 Å². The number of ketones is 1. The second-order valence-corrected chi connectivity index (χ2v) is 9.33. The Labute approximate surface area is 210 Å². The predicted molar refractivity (Wildman–Crippen MR) is 141 cm³/mol. The van der Waals surface area contributed by atoms with E-state index in [-0.39, 0.29) is 17.3 Å². The molecule has 2 heterocycles. The number of hydrogen-bond acceptors (Lipinski definition) is 4. The zero-order valence-electron chi connectivity index (χ0n) is 20.7. The van der Waals surface area contributed by atoms with Gasteiger partial charge in [-0.05, 0) is 47.9 Å². The molecule has 0 aliphatic carbocycles. The van der Waals surface area contributed by atoms with Gasteiger partial charge in [0.25, 0.3) is 11.7 Å². The maximum atomic E-state index is 13.5. The van der Waals surface area contributed by atoms with Gasteiger partial charge in [-0.2, -0.15) is 0 Å². The maximum Gasteiger partial charge on any atom is 0.300 e. The molecule has 0 saturated carbocycles. The van der Waals surface area contributed by atoms with Crippen molar-refractivity contribution in [3.63, 3.8) is 0 Å². The zero-order valence-corrected chi connectivity index (χ0v) is 20.7. The fraction of sp³-hybridized carbons (Fsp3) is 0.200. The normalized spacial score (nSPS) is 17.4. The molecule has 1 atom stereocenters. The first-order chi connectivity index (χ1) is 17.3. The van der Waals surface area contributed by atoms with Crippen LogP contribution in [0.1, 0.15) is 42.5 Å². The molecule has 6 heteroatoms. The van der Waals surface area contributed by atoms with Crippen LogP contribution in [0.15, 0.2) is 84.6 Å². The lowest BCUT2D eigenvalue weighted by atomic mass is 9.93. The lowest BCUT2D eigenvalue weighted by Gasteiger charge is -2.25. The molecular formula is C30H28N2O4. The number of ether oxygens (including phenoxy) is 1. The average Bonchev–Trinajstić information content (AvgIpc) is 3.36. The monoisotopic (exact) mass is 480 g/mol. The van der Waals surface area contributed by atoms with Crippen molar-refractivity contribution in [2.45, 2.75) is 25.8 Å². The van der Waals surface area contributed by atoms with Crippen LogP contribution in [0.5, 0.6) is 5.75 Å². The summed E-state index contributed by atoms with van der Waals surface area (Å²) in [5.41, 5.74) is 3.78. The van der Waals surface area contributed by atoms with Crippen molar-refractivity contribution in [2.75, 3.05) is 12.0 Å². The zero-order chi connectivity index (χ0) is 25.6. The van der Waals surface area contributed by atoms with Crippen LogP contribution in [-0.4, -0.2) is 28.5 Å². The van der Waals surface area contributed by atoms with Crippen molar-refractivity contribution in [3.05, 3.63) is 101 Å². The van der Waals surface area contributed by atoms with Crippen molar-refractivity contribution in [3.8, 4) is 5.75 Å². The van der Waals surface area contributed by atoms with E-state index in [2.05, 4.69) is 0 Å². The van der Waals surface area contributed by atoms with Crippen molar-refractivity contribution in [1.29, 1.82) is 0 Å². The number of para-hydroxylation sites is 2. The highest BCUT2D eigenvalue weighted by molar-refractivity contribution is 6.51. The van der Waals surface area contributed by atoms with Crippen LogP contribution in [0.2, 0.25) is 0 Å². The molecule has 6 nitrogen and oxygen atoms in total. The van der Waals surface area contributed by atoms with Gasteiger partial charge in [0.2, 0.25) is 0 Å². The Balaban J connectivity index is 1.79. The second kappa shape index (κ2) is 9.04.